The number of fused-ring (bicyclic) bond motifs is 1. The van der Waals surface area contributed by atoms with Crippen LogP contribution in [-0.2, 0) is 4.74 Å². The number of nitrogens with two attached hydrogens (primary N) is 1. The smallest absolute Gasteiger partial charge is 0.144 e. The van der Waals surface area contributed by atoms with Crippen molar-refractivity contribution in [1.29, 1.82) is 0 Å². The van der Waals surface area contributed by atoms with Crippen molar-refractivity contribution in [3.8, 4) is 5.75 Å². The number of piperidine rings is 1. The Morgan fingerprint density at radius 2 is 2.06 bits per heavy atom. The molecule has 0 aliphatic carbocycles. The molecule has 1 spiro atoms. The molecule has 168 valence electrons. The SMILES string of the molecule is CN1CCC2(CC1)CC(Oc1cc3ncnc(Nc4ccc(F)c(Cl)c4)c3cc1N)CO2. The van der Waals surface area contributed by atoms with E-state index in [0.29, 0.717) is 35.1 Å². The summed E-state index contributed by atoms with van der Waals surface area (Å²) >= 11 is 5.89. The van der Waals surface area contributed by atoms with Crippen LogP contribution in [0.4, 0.5) is 21.6 Å². The Bertz CT molecular complexity index is 1150. The van der Waals surface area contributed by atoms with Crippen LogP contribution in [0, 0.1) is 5.82 Å². The summed E-state index contributed by atoms with van der Waals surface area (Å²) in [7, 11) is 2.14. The quantitative estimate of drug-likeness (QED) is 0.562. The third-order valence-corrected chi connectivity index (χ3v) is 6.61. The molecule has 5 rings (SSSR count). The highest BCUT2D eigenvalue weighted by molar-refractivity contribution is 6.31. The number of hydrogen-bond donors (Lipinski definition) is 2. The Morgan fingerprint density at radius 3 is 2.84 bits per heavy atom. The van der Waals surface area contributed by atoms with Crippen molar-refractivity contribution in [2.24, 2.45) is 0 Å². The van der Waals surface area contributed by atoms with Crippen LogP contribution in [0.1, 0.15) is 19.3 Å². The normalized spacial score (nSPS) is 20.7. The van der Waals surface area contributed by atoms with E-state index in [1.807, 2.05) is 6.07 Å². The van der Waals surface area contributed by atoms with Crippen LogP contribution >= 0.6 is 11.6 Å². The molecule has 32 heavy (non-hydrogen) atoms. The highest BCUT2D eigenvalue weighted by Gasteiger charge is 2.43. The summed E-state index contributed by atoms with van der Waals surface area (Å²) in [5.41, 5.74) is 8.05. The van der Waals surface area contributed by atoms with E-state index in [-0.39, 0.29) is 16.7 Å². The highest BCUT2D eigenvalue weighted by atomic mass is 35.5. The lowest BCUT2D eigenvalue weighted by atomic mass is 9.88. The first kappa shape index (κ1) is 21.2. The number of nitrogens with zero attached hydrogens (tertiary/aromatic N) is 3. The maximum atomic E-state index is 13.5. The molecule has 1 unspecified atom stereocenters. The molecule has 2 aliphatic heterocycles. The van der Waals surface area contributed by atoms with Gasteiger partial charge in [0.25, 0.3) is 0 Å². The largest absolute Gasteiger partial charge is 0.486 e. The van der Waals surface area contributed by atoms with Crippen LogP contribution in [0.3, 0.4) is 0 Å². The monoisotopic (exact) mass is 457 g/mol. The van der Waals surface area contributed by atoms with Crippen LogP contribution < -0.4 is 15.8 Å². The lowest BCUT2D eigenvalue weighted by Gasteiger charge is -2.36. The molecular weight excluding hydrogens is 433 g/mol. The van der Waals surface area contributed by atoms with Crippen molar-refractivity contribution in [3.05, 3.63) is 47.5 Å². The van der Waals surface area contributed by atoms with E-state index < -0.39 is 5.82 Å². The van der Waals surface area contributed by atoms with Gasteiger partial charge in [-0.2, -0.15) is 0 Å². The number of rotatable bonds is 4. The van der Waals surface area contributed by atoms with Crippen LogP contribution in [-0.4, -0.2) is 53.3 Å². The lowest BCUT2D eigenvalue weighted by Crippen LogP contribution is -2.42. The molecule has 9 heteroatoms. The van der Waals surface area contributed by atoms with E-state index in [1.165, 1.54) is 18.5 Å². The number of benzene rings is 2. The summed E-state index contributed by atoms with van der Waals surface area (Å²) in [6.45, 7) is 2.64. The Morgan fingerprint density at radius 1 is 1.25 bits per heavy atom. The summed E-state index contributed by atoms with van der Waals surface area (Å²) in [4.78, 5) is 11.0. The van der Waals surface area contributed by atoms with Gasteiger partial charge in [0.05, 0.1) is 28.4 Å². The molecule has 1 aromatic heterocycles. The molecular formula is C23H25ClFN5O2. The van der Waals surface area contributed by atoms with Gasteiger partial charge in [-0.15, -0.1) is 0 Å². The summed E-state index contributed by atoms with van der Waals surface area (Å²) in [5, 5.41) is 3.92. The van der Waals surface area contributed by atoms with Crippen molar-refractivity contribution in [2.75, 3.05) is 37.8 Å². The fourth-order valence-electron chi connectivity index (χ4n) is 4.45. The predicted molar refractivity (Wildman–Crippen MR) is 123 cm³/mol. The number of nitrogen functional groups attached to an aromatic ring is 1. The van der Waals surface area contributed by atoms with Crippen LogP contribution in [0.2, 0.25) is 5.02 Å². The Balaban J connectivity index is 1.36. The van der Waals surface area contributed by atoms with E-state index in [9.17, 15) is 4.39 Å². The Kier molecular flexibility index (Phi) is 5.53. The van der Waals surface area contributed by atoms with E-state index in [2.05, 4.69) is 27.2 Å². The van der Waals surface area contributed by atoms with Crippen molar-refractivity contribution >= 4 is 39.7 Å². The number of anilines is 3. The van der Waals surface area contributed by atoms with Crippen molar-refractivity contribution < 1.29 is 13.9 Å². The number of hydrogen-bond acceptors (Lipinski definition) is 7. The predicted octanol–water partition coefficient (Wildman–Crippen LogP) is 4.38. The third-order valence-electron chi connectivity index (χ3n) is 6.32. The van der Waals surface area contributed by atoms with Gasteiger partial charge in [-0.3, -0.25) is 0 Å². The maximum absolute atomic E-state index is 13.5. The van der Waals surface area contributed by atoms with Gasteiger partial charge in [-0.1, -0.05) is 11.6 Å². The molecule has 2 fully saturated rings. The average molecular weight is 458 g/mol. The molecule has 2 aliphatic rings. The molecule has 7 nitrogen and oxygen atoms in total. The van der Waals surface area contributed by atoms with Crippen LogP contribution in [0.15, 0.2) is 36.7 Å². The number of ether oxygens (including phenoxy) is 2. The second kappa shape index (κ2) is 8.35. The van der Waals surface area contributed by atoms with E-state index in [0.717, 1.165) is 37.7 Å². The van der Waals surface area contributed by atoms with Gasteiger partial charge < -0.3 is 25.4 Å². The average Bonchev–Trinajstić information content (AvgIpc) is 3.16. The van der Waals surface area contributed by atoms with Crippen molar-refractivity contribution in [2.45, 2.75) is 31.0 Å². The Hall–Kier alpha value is -2.68. The number of aromatic nitrogens is 2. The zero-order chi connectivity index (χ0) is 22.3. The van der Waals surface area contributed by atoms with Gasteiger partial charge in [0, 0.05) is 36.7 Å². The second-order valence-corrected chi connectivity index (χ2v) is 9.03. The lowest BCUT2D eigenvalue weighted by molar-refractivity contribution is -0.0399. The summed E-state index contributed by atoms with van der Waals surface area (Å²) < 4.78 is 25.9. The van der Waals surface area contributed by atoms with Gasteiger partial charge in [-0.25, -0.2) is 14.4 Å². The molecule has 0 radical (unpaired) electrons. The minimum atomic E-state index is -0.478. The molecule has 0 bridgehead atoms. The first-order chi connectivity index (χ1) is 15.4. The number of likely N-dealkylation sites (tertiary alicyclic amines) is 1. The van der Waals surface area contributed by atoms with Gasteiger partial charge in [0.2, 0.25) is 0 Å². The molecule has 0 amide bonds. The third kappa shape index (κ3) is 4.18. The standard InChI is InChI=1S/C23H25ClFN5O2/c1-30-6-4-23(5-7-30)11-15(12-31-23)32-21-10-20-16(9-19(21)26)22(28-13-27-20)29-14-2-3-18(25)17(24)8-14/h2-3,8-10,13,15H,4-7,11-12,26H2,1H3,(H,27,28,29). The topological polar surface area (TPSA) is 85.5 Å². The molecule has 3 N–H and O–H groups in total. The molecule has 2 saturated heterocycles. The minimum absolute atomic E-state index is 0.0322. The van der Waals surface area contributed by atoms with Crippen molar-refractivity contribution in [3.63, 3.8) is 0 Å². The first-order valence-corrected chi connectivity index (χ1v) is 11.0. The molecule has 3 aromatic rings. The van der Waals surface area contributed by atoms with Gasteiger partial charge >= 0.3 is 0 Å². The summed E-state index contributed by atoms with van der Waals surface area (Å²) in [5.74, 6) is 0.657. The van der Waals surface area contributed by atoms with Gasteiger partial charge in [0.15, 0.2) is 0 Å². The van der Waals surface area contributed by atoms with Crippen LogP contribution in [0.5, 0.6) is 5.75 Å². The second-order valence-electron chi connectivity index (χ2n) is 8.62. The molecule has 1 atom stereocenters. The highest BCUT2D eigenvalue weighted by Crippen LogP contribution is 2.39. The number of halogens is 2. The zero-order valence-corrected chi connectivity index (χ0v) is 18.5. The van der Waals surface area contributed by atoms with E-state index in [4.69, 9.17) is 26.8 Å². The first-order valence-electron chi connectivity index (χ1n) is 10.7. The fourth-order valence-corrected chi connectivity index (χ4v) is 4.63. The summed E-state index contributed by atoms with van der Waals surface area (Å²) in [6, 6.07) is 8.02. The zero-order valence-electron chi connectivity index (χ0n) is 17.8. The maximum Gasteiger partial charge on any atom is 0.144 e. The van der Waals surface area contributed by atoms with Crippen LogP contribution in [0.25, 0.3) is 10.9 Å². The minimum Gasteiger partial charge on any atom is -0.486 e. The van der Waals surface area contributed by atoms with E-state index in [1.54, 1.807) is 12.1 Å². The van der Waals surface area contributed by atoms with Gasteiger partial charge in [0.1, 0.15) is 29.8 Å². The molecule has 3 heterocycles. The van der Waals surface area contributed by atoms with Crippen molar-refractivity contribution in [1.82, 2.24) is 14.9 Å². The summed E-state index contributed by atoms with van der Waals surface area (Å²) in [6.07, 6.45) is 4.32. The Labute approximate surface area is 190 Å². The van der Waals surface area contributed by atoms with E-state index >= 15 is 0 Å². The van der Waals surface area contributed by atoms with Gasteiger partial charge in [-0.05, 0) is 44.2 Å². The molecule has 0 saturated carbocycles. The molecule has 2 aromatic carbocycles. The number of nitrogens with one attached hydrogen (secondary N) is 1. The fraction of sp³-hybridized carbons (Fsp3) is 0.391.